The van der Waals surface area contributed by atoms with E-state index in [2.05, 4.69) is 31.2 Å². The fraction of sp³-hybridized carbons (Fsp3) is 0.600. The average molecular weight is 451 g/mol. The lowest BCUT2D eigenvalue weighted by Crippen LogP contribution is -2.31. The highest BCUT2D eigenvalue weighted by Gasteiger charge is 2.30. The van der Waals surface area contributed by atoms with Gasteiger partial charge in [0.25, 0.3) is 0 Å². The molecular formula is C20H27BrN4O3. The number of aryl methyl sites for hydroxylation is 2. The third-order valence-electron chi connectivity index (χ3n) is 4.95. The predicted molar refractivity (Wildman–Crippen MR) is 109 cm³/mol. The van der Waals surface area contributed by atoms with Crippen molar-refractivity contribution >= 4 is 21.9 Å². The Morgan fingerprint density at radius 1 is 1.36 bits per heavy atom. The van der Waals surface area contributed by atoms with E-state index in [0.29, 0.717) is 11.8 Å². The van der Waals surface area contributed by atoms with Gasteiger partial charge in [-0.1, -0.05) is 21.1 Å². The van der Waals surface area contributed by atoms with Crippen LogP contribution in [-0.2, 0) is 21.9 Å². The van der Waals surface area contributed by atoms with Crippen LogP contribution in [-0.4, -0.2) is 38.2 Å². The molecule has 2 heterocycles. The zero-order valence-corrected chi connectivity index (χ0v) is 18.4. The first-order valence-electron chi connectivity index (χ1n) is 9.68. The van der Waals surface area contributed by atoms with Crippen molar-refractivity contribution < 1.29 is 14.3 Å². The molecular weight excluding hydrogens is 424 g/mol. The maximum absolute atomic E-state index is 12.2. The molecule has 28 heavy (non-hydrogen) atoms. The van der Waals surface area contributed by atoms with E-state index < -0.39 is 0 Å². The van der Waals surface area contributed by atoms with E-state index in [4.69, 9.17) is 9.47 Å². The van der Waals surface area contributed by atoms with Crippen LogP contribution in [0.15, 0.2) is 12.1 Å². The first-order chi connectivity index (χ1) is 13.4. The molecule has 0 spiro atoms. The van der Waals surface area contributed by atoms with E-state index in [-0.39, 0.29) is 24.1 Å². The summed E-state index contributed by atoms with van der Waals surface area (Å²) in [5.74, 6) is 0.545. The molecule has 0 radical (unpaired) electrons. The van der Waals surface area contributed by atoms with Crippen molar-refractivity contribution in [3.63, 3.8) is 0 Å². The zero-order valence-electron chi connectivity index (χ0n) is 16.8. The molecule has 3 rings (SSSR count). The van der Waals surface area contributed by atoms with Crippen LogP contribution < -0.4 is 4.74 Å². The van der Waals surface area contributed by atoms with Crippen molar-refractivity contribution in [2.45, 2.75) is 64.0 Å². The SMILES string of the molecule is Cc1nc(-c2nnn(C)c2CBr)ccc1O[C@H]1CCC[C@H](C(=O)OC(C)C)C1. The minimum atomic E-state index is -0.113. The summed E-state index contributed by atoms with van der Waals surface area (Å²) in [6, 6.07) is 3.84. The van der Waals surface area contributed by atoms with Crippen LogP contribution in [0.2, 0.25) is 0 Å². The number of halogens is 1. The van der Waals surface area contributed by atoms with Gasteiger partial charge in [-0.05, 0) is 58.6 Å². The van der Waals surface area contributed by atoms with Crippen LogP contribution in [0.25, 0.3) is 11.4 Å². The molecule has 0 unspecified atom stereocenters. The van der Waals surface area contributed by atoms with Crippen LogP contribution in [0.4, 0.5) is 0 Å². The number of pyridine rings is 1. The molecule has 1 aliphatic carbocycles. The van der Waals surface area contributed by atoms with Gasteiger partial charge in [0.05, 0.1) is 35.2 Å². The minimum Gasteiger partial charge on any atom is -0.489 e. The first kappa shape index (κ1) is 20.8. The first-order valence-corrected chi connectivity index (χ1v) is 10.8. The summed E-state index contributed by atoms with van der Waals surface area (Å²) in [7, 11) is 1.86. The van der Waals surface area contributed by atoms with Gasteiger partial charge in [-0.2, -0.15) is 0 Å². The number of nitrogens with zero attached hydrogens (tertiary/aromatic N) is 4. The van der Waals surface area contributed by atoms with Crippen LogP contribution in [0, 0.1) is 12.8 Å². The predicted octanol–water partition coefficient (Wildman–Crippen LogP) is 3.97. The van der Waals surface area contributed by atoms with Gasteiger partial charge in [0.1, 0.15) is 11.4 Å². The molecule has 152 valence electrons. The number of hydrogen-bond donors (Lipinski definition) is 0. The van der Waals surface area contributed by atoms with Crippen LogP contribution >= 0.6 is 15.9 Å². The quantitative estimate of drug-likeness (QED) is 0.489. The Bertz CT molecular complexity index is 837. The van der Waals surface area contributed by atoms with E-state index >= 15 is 0 Å². The molecule has 0 amide bonds. The standard InChI is InChI=1S/C20H27BrN4O3/c1-12(2)27-20(26)14-6-5-7-15(10-14)28-18-9-8-16(22-13(18)3)19-17(11-21)25(4)24-23-19/h8-9,12,14-15H,5-7,10-11H2,1-4H3/t14-,15-/m0/s1. The normalized spacial score (nSPS) is 19.6. The highest BCUT2D eigenvalue weighted by molar-refractivity contribution is 9.08. The Hall–Kier alpha value is -1.96. The van der Waals surface area contributed by atoms with Crippen molar-refractivity contribution in [2.75, 3.05) is 0 Å². The van der Waals surface area contributed by atoms with Gasteiger partial charge in [-0.25, -0.2) is 4.98 Å². The van der Waals surface area contributed by atoms with Crippen LogP contribution in [0.3, 0.4) is 0 Å². The van der Waals surface area contributed by atoms with Gasteiger partial charge in [0, 0.05) is 12.4 Å². The third kappa shape index (κ3) is 4.71. The lowest BCUT2D eigenvalue weighted by Gasteiger charge is -2.29. The smallest absolute Gasteiger partial charge is 0.309 e. The van der Waals surface area contributed by atoms with Gasteiger partial charge in [-0.3, -0.25) is 9.48 Å². The second-order valence-electron chi connectivity index (χ2n) is 7.51. The number of alkyl halides is 1. The monoisotopic (exact) mass is 450 g/mol. The van der Waals surface area contributed by atoms with Crippen molar-refractivity contribution in [1.29, 1.82) is 0 Å². The Kier molecular flexibility index (Phi) is 6.69. The number of rotatable bonds is 6. The summed E-state index contributed by atoms with van der Waals surface area (Å²) < 4.78 is 13.3. The summed E-state index contributed by atoms with van der Waals surface area (Å²) in [5.41, 5.74) is 3.31. The topological polar surface area (TPSA) is 79.1 Å². The van der Waals surface area contributed by atoms with Gasteiger partial charge in [0.15, 0.2) is 0 Å². The average Bonchev–Trinajstić information content (AvgIpc) is 3.03. The molecule has 8 heteroatoms. The number of carbonyl (C=O) groups excluding carboxylic acids is 1. The molecule has 1 saturated carbocycles. The van der Waals surface area contributed by atoms with E-state index in [1.165, 1.54) is 0 Å². The number of esters is 1. The highest BCUT2D eigenvalue weighted by Crippen LogP contribution is 2.31. The summed E-state index contributed by atoms with van der Waals surface area (Å²) in [5, 5.41) is 8.95. The minimum absolute atomic E-state index is 0.000526. The summed E-state index contributed by atoms with van der Waals surface area (Å²) >= 11 is 3.48. The molecule has 1 fully saturated rings. The molecule has 2 atom stereocenters. The largest absolute Gasteiger partial charge is 0.489 e. The number of aromatic nitrogens is 4. The lowest BCUT2D eigenvalue weighted by molar-refractivity contribution is -0.154. The molecule has 0 aliphatic heterocycles. The second kappa shape index (κ2) is 9.03. The van der Waals surface area contributed by atoms with Crippen LogP contribution in [0.5, 0.6) is 5.75 Å². The summed E-state index contributed by atoms with van der Waals surface area (Å²) in [4.78, 5) is 16.9. The zero-order chi connectivity index (χ0) is 20.3. The van der Waals surface area contributed by atoms with E-state index in [1.807, 2.05) is 40.0 Å². The third-order valence-corrected chi connectivity index (χ3v) is 5.49. The molecule has 0 aromatic carbocycles. The van der Waals surface area contributed by atoms with Gasteiger partial charge in [-0.15, -0.1) is 5.10 Å². The van der Waals surface area contributed by atoms with Crippen molar-refractivity contribution in [3.8, 4) is 17.1 Å². The fourth-order valence-corrected chi connectivity index (χ4v) is 4.13. The van der Waals surface area contributed by atoms with Crippen molar-refractivity contribution in [3.05, 3.63) is 23.5 Å². The molecule has 2 aromatic heterocycles. The molecule has 1 aliphatic rings. The van der Waals surface area contributed by atoms with E-state index in [9.17, 15) is 4.79 Å². The maximum atomic E-state index is 12.2. The second-order valence-corrected chi connectivity index (χ2v) is 8.07. The molecule has 2 aromatic rings. The number of ether oxygens (including phenoxy) is 2. The van der Waals surface area contributed by atoms with Crippen molar-refractivity contribution in [2.24, 2.45) is 13.0 Å². The number of hydrogen-bond acceptors (Lipinski definition) is 6. The van der Waals surface area contributed by atoms with Gasteiger partial charge in [0.2, 0.25) is 0 Å². The molecule has 0 N–H and O–H groups in total. The Balaban J connectivity index is 1.70. The van der Waals surface area contributed by atoms with E-state index in [0.717, 1.165) is 47.8 Å². The highest BCUT2D eigenvalue weighted by atomic mass is 79.9. The maximum Gasteiger partial charge on any atom is 0.309 e. The summed E-state index contributed by atoms with van der Waals surface area (Å²) in [6.07, 6.45) is 3.36. The Morgan fingerprint density at radius 3 is 2.82 bits per heavy atom. The summed E-state index contributed by atoms with van der Waals surface area (Å²) in [6.45, 7) is 5.68. The Labute approximate surface area is 173 Å². The molecule has 7 nitrogen and oxygen atoms in total. The molecule has 0 saturated heterocycles. The van der Waals surface area contributed by atoms with Gasteiger partial charge >= 0.3 is 5.97 Å². The van der Waals surface area contributed by atoms with Crippen LogP contribution in [0.1, 0.15) is 50.9 Å². The molecule has 0 bridgehead atoms. The van der Waals surface area contributed by atoms with Gasteiger partial charge < -0.3 is 9.47 Å². The fourth-order valence-electron chi connectivity index (χ4n) is 3.50. The lowest BCUT2D eigenvalue weighted by atomic mass is 9.87. The Morgan fingerprint density at radius 2 is 2.14 bits per heavy atom. The van der Waals surface area contributed by atoms with Crippen molar-refractivity contribution in [1.82, 2.24) is 20.0 Å². The number of carbonyl (C=O) groups is 1. The van der Waals surface area contributed by atoms with E-state index in [1.54, 1.807) is 4.68 Å².